The molecule has 118 valence electrons. The summed E-state index contributed by atoms with van der Waals surface area (Å²) in [7, 11) is 1.68. The number of fused-ring (bicyclic) bond motifs is 2. The third kappa shape index (κ3) is 2.11. The van der Waals surface area contributed by atoms with Crippen molar-refractivity contribution >= 4 is 5.65 Å². The van der Waals surface area contributed by atoms with Crippen LogP contribution in [0.2, 0.25) is 0 Å². The molecule has 0 radical (unpaired) electrons. The smallest absolute Gasteiger partial charge is 0.163 e. The van der Waals surface area contributed by atoms with Crippen molar-refractivity contribution in [1.29, 1.82) is 0 Å². The van der Waals surface area contributed by atoms with Crippen LogP contribution in [0, 0.1) is 13.8 Å². The lowest BCUT2D eigenvalue weighted by Gasteiger charge is -2.09. The highest BCUT2D eigenvalue weighted by molar-refractivity contribution is 5.82. The number of benzene rings is 1. The molecule has 5 heteroatoms. The molecule has 0 bridgehead atoms. The lowest BCUT2D eigenvalue weighted by Crippen LogP contribution is -2.08. The Balaban J connectivity index is 1.97. The van der Waals surface area contributed by atoms with E-state index in [2.05, 4.69) is 24.3 Å². The molecule has 1 aliphatic carbocycles. The van der Waals surface area contributed by atoms with Crippen LogP contribution in [0.25, 0.3) is 16.8 Å². The number of hydrogen-bond acceptors (Lipinski definition) is 4. The second kappa shape index (κ2) is 5.06. The van der Waals surface area contributed by atoms with Gasteiger partial charge in [0.2, 0.25) is 0 Å². The van der Waals surface area contributed by atoms with Gasteiger partial charge in [-0.2, -0.15) is 5.10 Å². The van der Waals surface area contributed by atoms with Gasteiger partial charge < -0.3 is 10.5 Å². The summed E-state index contributed by atoms with van der Waals surface area (Å²) in [5, 5.41) is 4.66. The Hall–Kier alpha value is -2.40. The number of hydrogen-bond donors (Lipinski definition) is 1. The summed E-state index contributed by atoms with van der Waals surface area (Å²) in [6.07, 6.45) is 4.03. The van der Waals surface area contributed by atoms with Gasteiger partial charge in [-0.15, -0.1) is 0 Å². The molecule has 5 nitrogen and oxygen atoms in total. The maximum absolute atomic E-state index is 6.19. The Labute approximate surface area is 135 Å². The fraction of sp³-hybridized carbons (Fsp3) is 0.333. The molecule has 1 atom stereocenters. The van der Waals surface area contributed by atoms with Crippen molar-refractivity contribution in [3.63, 3.8) is 0 Å². The van der Waals surface area contributed by atoms with Crippen molar-refractivity contribution in [2.75, 3.05) is 7.11 Å². The van der Waals surface area contributed by atoms with E-state index in [0.717, 1.165) is 52.3 Å². The molecule has 2 aromatic heterocycles. The third-order valence-electron chi connectivity index (χ3n) is 4.67. The van der Waals surface area contributed by atoms with E-state index >= 15 is 0 Å². The van der Waals surface area contributed by atoms with E-state index in [1.807, 2.05) is 23.6 Å². The molecule has 23 heavy (non-hydrogen) atoms. The molecule has 0 aliphatic heterocycles. The van der Waals surface area contributed by atoms with E-state index in [0.29, 0.717) is 0 Å². The monoisotopic (exact) mass is 308 g/mol. The molecule has 1 aliphatic rings. The van der Waals surface area contributed by atoms with Crippen molar-refractivity contribution in [3.8, 4) is 16.9 Å². The van der Waals surface area contributed by atoms with E-state index in [4.69, 9.17) is 15.5 Å². The van der Waals surface area contributed by atoms with Gasteiger partial charge in [0, 0.05) is 17.8 Å². The average molecular weight is 308 g/mol. The predicted octanol–water partition coefficient (Wildman–Crippen LogP) is 2.97. The maximum atomic E-state index is 6.19. The minimum atomic E-state index is 0.0371. The molecule has 3 aromatic rings. The van der Waals surface area contributed by atoms with Crippen LogP contribution in [0.1, 0.15) is 35.0 Å². The fourth-order valence-corrected chi connectivity index (χ4v) is 3.45. The summed E-state index contributed by atoms with van der Waals surface area (Å²) in [5.41, 5.74) is 13.6. The van der Waals surface area contributed by atoms with Crippen LogP contribution in [0.15, 0.2) is 24.4 Å². The Morgan fingerprint density at radius 1 is 1.30 bits per heavy atom. The summed E-state index contributed by atoms with van der Waals surface area (Å²) in [6, 6.07) is 6.13. The van der Waals surface area contributed by atoms with E-state index < -0.39 is 0 Å². The average Bonchev–Trinajstić information content (AvgIpc) is 3.05. The van der Waals surface area contributed by atoms with E-state index in [1.165, 1.54) is 5.56 Å². The molecule has 2 heterocycles. The summed E-state index contributed by atoms with van der Waals surface area (Å²) < 4.78 is 7.20. The van der Waals surface area contributed by atoms with Crippen LogP contribution in [-0.2, 0) is 6.42 Å². The highest BCUT2D eigenvalue weighted by atomic mass is 16.5. The van der Waals surface area contributed by atoms with E-state index in [-0.39, 0.29) is 6.04 Å². The first-order chi connectivity index (χ1) is 11.1. The van der Waals surface area contributed by atoms with Crippen LogP contribution in [-0.4, -0.2) is 21.7 Å². The number of rotatable bonds is 2. The SMILES string of the molecule is COc1ccc(-c2c(C)nn3cc4c(nc23)C(N)CC4)c(C)c1. The summed E-state index contributed by atoms with van der Waals surface area (Å²) >= 11 is 0. The Bertz CT molecular complexity index is 913. The highest BCUT2D eigenvalue weighted by Crippen LogP contribution is 2.34. The van der Waals surface area contributed by atoms with Gasteiger partial charge in [-0.25, -0.2) is 9.50 Å². The lowest BCUT2D eigenvalue weighted by atomic mass is 10.0. The summed E-state index contributed by atoms with van der Waals surface area (Å²) in [5.74, 6) is 0.858. The Morgan fingerprint density at radius 3 is 2.87 bits per heavy atom. The van der Waals surface area contributed by atoms with Crippen LogP contribution in [0.3, 0.4) is 0 Å². The van der Waals surface area contributed by atoms with Crippen LogP contribution in [0.4, 0.5) is 0 Å². The first kappa shape index (κ1) is 14.2. The molecule has 2 N–H and O–H groups in total. The van der Waals surface area contributed by atoms with Gasteiger partial charge in [0.1, 0.15) is 5.75 Å². The van der Waals surface area contributed by atoms with Crippen LogP contribution >= 0.6 is 0 Å². The zero-order valence-electron chi connectivity index (χ0n) is 13.6. The molecule has 1 unspecified atom stereocenters. The second-order valence-corrected chi connectivity index (χ2v) is 6.21. The van der Waals surface area contributed by atoms with Gasteiger partial charge in [-0.3, -0.25) is 0 Å². The van der Waals surface area contributed by atoms with Crippen molar-refractivity contribution in [3.05, 3.63) is 46.9 Å². The predicted molar refractivity (Wildman–Crippen MR) is 89.7 cm³/mol. The Kier molecular flexibility index (Phi) is 3.13. The van der Waals surface area contributed by atoms with Crippen LogP contribution < -0.4 is 10.5 Å². The molecule has 0 fully saturated rings. The van der Waals surface area contributed by atoms with Crippen molar-refractivity contribution in [1.82, 2.24) is 14.6 Å². The standard InChI is InChI=1S/C18H20N4O/c1-10-8-13(23-3)5-6-14(10)16-11(2)21-22-9-12-4-7-15(19)17(12)20-18(16)22/h5-6,8-9,15H,4,7,19H2,1-3H3. The number of aromatic nitrogens is 3. The van der Waals surface area contributed by atoms with Crippen molar-refractivity contribution in [2.45, 2.75) is 32.7 Å². The minimum Gasteiger partial charge on any atom is -0.497 e. The van der Waals surface area contributed by atoms with Gasteiger partial charge >= 0.3 is 0 Å². The number of nitrogens with two attached hydrogens (primary N) is 1. The summed E-state index contributed by atoms with van der Waals surface area (Å²) in [4.78, 5) is 4.86. The topological polar surface area (TPSA) is 65.4 Å². The van der Waals surface area contributed by atoms with E-state index in [1.54, 1.807) is 7.11 Å². The van der Waals surface area contributed by atoms with Gasteiger partial charge in [-0.1, -0.05) is 6.07 Å². The van der Waals surface area contributed by atoms with Gasteiger partial charge in [-0.05, 0) is 55.5 Å². The fourth-order valence-electron chi connectivity index (χ4n) is 3.45. The molecule has 4 rings (SSSR count). The van der Waals surface area contributed by atoms with Crippen molar-refractivity contribution in [2.24, 2.45) is 5.73 Å². The molecular formula is C18H20N4O. The third-order valence-corrected chi connectivity index (χ3v) is 4.67. The number of ether oxygens (including phenoxy) is 1. The largest absolute Gasteiger partial charge is 0.497 e. The molecule has 0 spiro atoms. The molecule has 0 amide bonds. The first-order valence-electron chi connectivity index (χ1n) is 7.88. The van der Waals surface area contributed by atoms with E-state index in [9.17, 15) is 0 Å². The quantitative estimate of drug-likeness (QED) is 0.790. The Morgan fingerprint density at radius 2 is 2.13 bits per heavy atom. The zero-order chi connectivity index (χ0) is 16.1. The number of aryl methyl sites for hydroxylation is 3. The minimum absolute atomic E-state index is 0.0371. The molecule has 0 saturated heterocycles. The molecule has 0 saturated carbocycles. The van der Waals surface area contributed by atoms with Gasteiger partial charge in [0.05, 0.1) is 18.5 Å². The lowest BCUT2D eigenvalue weighted by molar-refractivity contribution is 0.414. The van der Waals surface area contributed by atoms with Gasteiger partial charge in [0.25, 0.3) is 0 Å². The highest BCUT2D eigenvalue weighted by Gasteiger charge is 2.24. The number of nitrogens with zero attached hydrogens (tertiary/aromatic N) is 3. The molecular weight excluding hydrogens is 288 g/mol. The number of methoxy groups -OCH3 is 1. The molecule has 1 aromatic carbocycles. The normalized spacial score (nSPS) is 16.8. The second-order valence-electron chi connectivity index (χ2n) is 6.21. The zero-order valence-corrected chi connectivity index (χ0v) is 13.6. The maximum Gasteiger partial charge on any atom is 0.163 e. The van der Waals surface area contributed by atoms with Crippen LogP contribution in [0.5, 0.6) is 5.75 Å². The first-order valence-corrected chi connectivity index (χ1v) is 7.88. The van der Waals surface area contributed by atoms with Gasteiger partial charge in [0.15, 0.2) is 5.65 Å². The van der Waals surface area contributed by atoms with Crippen molar-refractivity contribution < 1.29 is 4.74 Å². The summed E-state index contributed by atoms with van der Waals surface area (Å²) in [6.45, 7) is 4.11.